The van der Waals surface area contributed by atoms with Gasteiger partial charge in [-0.1, -0.05) is 18.8 Å². The molecule has 2 heterocycles. The highest BCUT2D eigenvalue weighted by molar-refractivity contribution is 5.79. The minimum atomic E-state index is -1.40. The molecular formula is C34H35F2N3O4. The zero-order valence-electron chi connectivity index (χ0n) is 25.2. The maximum absolute atomic E-state index is 15.9. The largest absolute Gasteiger partial charge is 0.495 e. The first-order valence-electron chi connectivity index (χ1n) is 14.2. The first-order valence-corrected chi connectivity index (χ1v) is 14.2. The van der Waals surface area contributed by atoms with E-state index in [4.69, 9.17) is 9.47 Å². The third-order valence-electron chi connectivity index (χ3n) is 7.86. The van der Waals surface area contributed by atoms with Crippen LogP contribution in [-0.2, 0) is 12.6 Å². The molecule has 0 spiro atoms. The van der Waals surface area contributed by atoms with Gasteiger partial charge in [-0.25, -0.2) is 13.8 Å². The van der Waals surface area contributed by atoms with Crippen molar-refractivity contribution in [3.05, 3.63) is 92.4 Å². The average molecular weight is 588 g/mol. The Kier molecular flexibility index (Phi) is 8.17. The van der Waals surface area contributed by atoms with Crippen LogP contribution in [0.15, 0.2) is 41.5 Å². The maximum atomic E-state index is 15.9. The number of halogens is 2. The van der Waals surface area contributed by atoms with Crippen LogP contribution in [0.5, 0.6) is 17.2 Å². The smallest absolute Gasteiger partial charge is 0.269 e. The zero-order chi connectivity index (χ0) is 31.1. The number of benzene rings is 2. The van der Waals surface area contributed by atoms with Gasteiger partial charge in [0, 0.05) is 30.3 Å². The van der Waals surface area contributed by atoms with Crippen LogP contribution in [0, 0.1) is 37.3 Å². The number of aliphatic hydroxyl groups is 1. The topological polar surface area (TPSA) is 89.4 Å². The molecule has 4 aromatic rings. The van der Waals surface area contributed by atoms with Gasteiger partial charge in [0.05, 0.1) is 18.9 Å². The number of rotatable bonds is 6. The van der Waals surface area contributed by atoms with Crippen LogP contribution in [0.2, 0.25) is 0 Å². The fourth-order valence-electron chi connectivity index (χ4n) is 5.58. The Hall–Kier alpha value is -4.42. The Labute approximate surface area is 249 Å². The van der Waals surface area contributed by atoms with Crippen molar-refractivity contribution in [2.24, 2.45) is 7.05 Å². The van der Waals surface area contributed by atoms with E-state index in [1.807, 2.05) is 0 Å². The number of aromatic amines is 1. The predicted octanol–water partition coefficient (Wildman–Crippen LogP) is 6.76. The number of imidazole rings is 1. The summed E-state index contributed by atoms with van der Waals surface area (Å²) in [5.74, 6) is 6.28. The van der Waals surface area contributed by atoms with Crippen LogP contribution < -0.4 is 15.0 Å². The number of aromatic nitrogens is 3. The Bertz CT molecular complexity index is 1790. The lowest BCUT2D eigenvalue weighted by molar-refractivity contribution is 0.0782. The van der Waals surface area contributed by atoms with Gasteiger partial charge in [0.1, 0.15) is 34.4 Å². The number of methoxy groups -OCH3 is 1. The highest BCUT2D eigenvalue weighted by Crippen LogP contribution is 2.44. The summed E-state index contributed by atoms with van der Waals surface area (Å²) in [5.41, 5.74) is 0.602. The summed E-state index contributed by atoms with van der Waals surface area (Å²) in [6.45, 7) is 6.42. The van der Waals surface area contributed by atoms with E-state index in [2.05, 4.69) is 21.8 Å². The van der Waals surface area contributed by atoms with E-state index < -0.39 is 22.8 Å². The SMILES string of the molecule is COc1c(-c2cc(C(C)(C)O)cc(F)c2Oc2c(C)cc(F)cc2C)cn(C)c(=O)c1C#Cc1cnc(C2CCCC2)[nH]1. The van der Waals surface area contributed by atoms with Crippen LogP contribution >= 0.6 is 0 Å². The van der Waals surface area contributed by atoms with Crippen LogP contribution in [0.3, 0.4) is 0 Å². The van der Waals surface area contributed by atoms with Crippen LogP contribution in [-0.4, -0.2) is 26.8 Å². The van der Waals surface area contributed by atoms with Crippen LogP contribution in [0.4, 0.5) is 8.78 Å². The summed E-state index contributed by atoms with van der Waals surface area (Å²) in [6.07, 6.45) is 7.68. The van der Waals surface area contributed by atoms with Gasteiger partial charge in [-0.3, -0.25) is 4.79 Å². The molecule has 2 aromatic carbocycles. The summed E-state index contributed by atoms with van der Waals surface area (Å²) in [4.78, 5) is 21.1. The molecule has 224 valence electrons. The molecule has 9 heteroatoms. The second kappa shape index (κ2) is 11.7. The molecule has 0 amide bonds. The van der Waals surface area contributed by atoms with Crippen LogP contribution in [0.25, 0.3) is 11.1 Å². The lowest BCUT2D eigenvalue weighted by Crippen LogP contribution is -2.21. The van der Waals surface area contributed by atoms with Crippen molar-refractivity contribution in [1.29, 1.82) is 0 Å². The molecule has 0 bridgehead atoms. The number of aryl methyl sites for hydroxylation is 3. The molecule has 5 rings (SSSR count). The van der Waals surface area contributed by atoms with Crippen molar-refractivity contribution >= 4 is 0 Å². The molecule has 0 saturated heterocycles. The number of hydrogen-bond donors (Lipinski definition) is 2. The van der Waals surface area contributed by atoms with Gasteiger partial charge >= 0.3 is 0 Å². The molecule has 0 unspecified atom stereocenters. The molecule has 2 N–H and O–H groups in total. The van der Waals surface area contributed by atoms with Crippen molar-refractivity contribution in [2.45, 2.75) is 64.9 Å². The molecule has 1 aliphatic rings. The molecule has 1 fully saturated rings. The van der Waals surface area contributed by atoms with E-state index in [-0.39, 0.29) is 28.2 Å². The quantitative estimate of drug-likeness (QED) is 0.244. The van der Waals surface area contributed by atoms with E-state index >= 15 is 4.39 Å². The highest BCUT2D eigenvalue weighted by Gasteiger charge is 2.27. The molecule has 0 radical (unpaired) electrons. The second-order valence-corrected chi connectivity index (χ2v) is 11.6. The molecular weight excluding hydrogens is 552 g/mol. The fourth-order valence-corrected chi connectivity index (χ4v) is 5.58. The number of pyridine rings is 1. The number of hydrogen-bond acceptors (Lipinski definition) is 5. The minimum Gasteiger partial charge on any atom is -0.495 e. The summed E-state index contributed by atoms with van der Waals surface area (Å²) in [6, 6.07) is 5.40. The van der Waals surface area contributed by atoms with Gasteiger partial charge in [0.25, 0.3) is 5.56 Å². The van der Waals surface area contributed by atoms with Crippen molar-refractivity contribution < 1.29 is 23.4 Å². The van der Waals surface area contributed by atoms with Crippen LogP contribution in [0.1, 0.15) is 79.2 Å². The third-order valence-corrected chi connectivity index (χ3v) is 7.86. The normalized spacial score (nSPS) is 13.6. The lowest BCUT2D eigenvalue weighted by Gasteiger charge is -2.23. The number of ether oxygens (including phenoxy) is 2. The van der Waals surface area contributed by atoms with E-state index in [0.717, 1.165) is 18.7 Å². The van der Waals surface area contributed by atoms with Gasteiger partial charge in [0.2, 0.25) is 0 Å². The molecule has 2 aromatic heterocycles. The number of nitrogens with zero attached hydrogens (tertiary/aromatic N) is 2. The Morgan fingerprint density at radius 1 is 1.02 bits per heavy atom. The monoisotopic (exact) mass is 587 g/mol. The molecule has 0 aliphatic heterocycles. The maximum Gasteiger partial charge on any atom is 0.269 e. The van der Waals surface area contributed by atoms with Gasteiger partial charge in [-0.05, 0) is 87.4 Å². The highest BCUT2D eigenvalue weighted by atomic mass is 19.1. The van der Waals surface area contributed by atoms with Gasteiger partial charge in [-0.2, -0.15) is 0 Å². The van der Waals surface area contributed by atoms with Crippen molar-refractivity contribution in [2.75, 3.05) is 7.11 Å². The average Bonchev–Trinajstić information content (AvgIpc) is 3.63. The Morgan fingerprint density at radius 3 is 2.33 bits per heavy atom. The summed E-state index contributed by atoms with van der Waals surface area (Å²) in [5, 5.41) is 10.8. The minimum absolute atomic E-state index is 0.0636. The number of nitrogens with one attached hydrogen (secondary N) is 1. The summed E-state index contributed by atoms with van der Waals surface area (Å²) < 4.78 is 43.2. The molecule has 1 saturated carbocycles. The molecule has 0 atom stereocenters. The zero-order valence-corrected chi connectivity index (χ0v) is 25.2. The molecule has 7 nitrogen and oxygen atoms in total. The van der Waals surface area contributed by atoms with E-state index in [1.54, 1.807) is 47.0 Å². The molecule has 1 aliphatic carbocycles. The second-order valence-electron chi connectivity index (χ2n) is 11.6. The van der Waals surface area contributed by atoms with Gasteiger partial charge in [0.15, 0.2) is 11.6 Å². The first-order chi connectivity index (χ1) is 20.4. The Balaban J connectivity index is 1.69. The molecule has 43 heavy (non-hydrogen) atoms. The summed E-state index contributed by atoms with van der Waals surface area (Å²) in [7, 11) is 2.97. The third kappa shape index (κ3) is 6.06. The number of H-pyrrole nitrogens is 1. The van der Waals surface area contributed by atoms with E-state index in [9.17, 15) is 14.3 Å². The van der Waals surface area contributed by atoms with Gasteiger partial charge < -0.3 is 24.1 Å². The summed E-state index contributed by atoms with van der Waals surface area (Å²) >= 11 is 0. The van der Waals surface area contributed by atoms with E-state index in [0.29, 0.717) is 34.1 Å². The predicted molar refractivity (Wildman–Crippen MR) is 161 cm³/mol. The first kappa shape index (κ1) is 30.1. The standard InChI is InChI=1S/C34H35F2N3O4/c1-19-13-23(35)14-20(2)29(19)43-31-26(15-22(16-28(31)36)34(3,4)41)27-18-39(5)33(40)25(30(27)42-6)12-11-24-17-37-32(38-24)21-9-7-8-10-21/h13-18,21,41H,7-10H2,1-6H3,(H,37,38). The van der Waals surface area contributed by atoms with Crippen molar-refractivity contribution in [3.63, 3.8) is 0 Å². The lowest BCUT2D eigenvalue weighted by atomic mass is 9.92. The van der Waals surface area contributed by atoms with Crippen molar-refractivity contribution in [1.82, 2.24) is 14.5 Å². The van der Waals surface area contributed by atoms with E-state index in [1.165, 1.54) is 48.9 Å². The van der Waals surface area contributed by atoms with Crippen molar-refractivity contribution in [3.8, 4) is 40.2 Å². The fraction of sp³-hybridized carbons (Fsp3) is 0.353. The van der Waals surface area contributed by atoms with Gasteiger partial charge in [-0.15, -0.1) is 0 Å². The Morgan fingerprint density at radius 2 is 1.70 bits per heavy atom.